The highest BCUT2D eigenvalue weighted by Gasteiger charge is 2.56. The van der Waals surface area contributed by atoms with Gasteiger partial charge >= 0.3 is 5.97 Å². The first kappa shape index (κ1) is 49.8. The van der Waals surface area contributed by atoms with Crippen molar-refractivity contribution in [3.63, 3.8) is 0 Å². The van der Waals surface area contributed by atoms with Crippen LogP contribution in [0.2, 0.25) is 0 Å². The van der Waals surface area contributed by atoms with Gasteiger partial charge in [0.05, 0.1) is 13.2 Å². The first-order valence-corrected chi connectivity index (χ1v) is 26.7. The third-order valence-corrected chi connectivity index (χ3v) is 15.5. The number of rotatable bonds is 20. The Morgan fingerprint density at radius 3 is 1.59 bits per heavy atom. The molecule has 8 nitrogen and oxygen atoms in total. The number of carbonyl (C=O) groups is 1. The van der Waals surface area contributed by atoms with Crippen LogP contribution in [0.25, 0.3) is 12.2 Å². The molecule has 378 valence electrons. The van der Waals surface area contributed by atoms with Gasteiger partial charge in [-0.3, -0.25) is 0 Å². The topological polar surface area (TPSA) is 69.7 Å². The molecule has 0 fully saturated rings. The Balaban J connectivity index is 0.758. The number of carbonyl (C=O) groups excluding carboxylic acids is 1. The van der Waals surface area contributed by atoms with Crippen LogP contribution in [0.15, 0.2) is 133 Å². The van der Waals surface area contributed by atoms with E-state index in [-0.39, 0.29) is 16.2 Å². The van der Waals surface area contributed by atoms with Gasteiger partial charge in [0.1, 0.15) is 23.9 Å². The van der Waals surface area contributed by atoms with Crippen molar-refractivity contribution in [1.29, 1.82) is 0 Å². The smallest absolute Gasteiger partial charge is 0.336 e. The number of benzene rings is 6. The van der Waals surface area contributed by atoms with Gasteiger partial charge in [-0.05, 0) is 184 Å². The van der Waals surface area contributed by atoms with Crippen LogP contribution >= 0.6 is 0 Å². The Labute approximate surface area is 433 Å². The van der Waals surface area contributed by atoms with E-state index in [1.54, 1.807) is 6.08 Å². The molecule has 4 aliphatic rings. The lowest BCUT2D eigenvalue weighted by Crippen LogP contribution is -2.27. The van der Waals surface area contributed by atoms with Crippen molar-refractivity contribution in [2.24, 2.45) is 0 Å². The maximum Gasteiger partial charge on any atom is 0.336 e. The van der Waals surface area contributed by atoms with E-state index in [4.69, 9.17) is 24.0 Å². The number of unbranched alkanes of at least 4 members (excludes halogenated alkanes) is 2. The fourth-order valence-electron chi connectivity index (χ4n) is 12.1. The first-order chi connectivity index (χ1) is 35.4. The molecule has 0 N–H and O–H groups in total. The Morgan fingerprint density at radius 2 is 1.05 bits per heavy atom. The SMILES string of the molecule is CCCCOc1ccc(CN2CCc3cc(C=CCOOc4ccc5c(c4)C4(CC5(C)C)CC(C)(C)c5ccc(OC(=O)C=Cc6ccc7c(c6)CCN7Cc6ccc(OCCCC)cc6)cc54)ccc32)cc1. The Kier molecular flexibility index (Phi) is 14.6. The molecule has 2 aliphatic heterocycles. The lowest BCUT2D eigenvalue weighted by molar-refractivity contribution is -0.195. The molecule has 2 aliphatic carbocycles. The highest BCUT2D eigenvalue weighted by Crippen LogP contribution is 2.63. The Hall–Kier alpha value is -6.77. The van der Waals surface area contributed by atoms with Crippen LogP contribution in [-0.4, -0.2) is 38.9 Å². The highest BCUT2D eigenvalue weighted by molar-refractivity contribution is 5.89. The van der Waals surface area contributed by atoms with Gasteiger partial charge < -0.3 is 28.9 Å². The number of esters is 1. The zero-order chi connectivity index (χ0) is 50.6. The monoisotopic (exact) mass is 977 g/mol. The van der Waals surface area contributed by atoms with E-state index >= 15 is 0 Å². The molecule has 2 heterocycles. The number of ether oxygens (including phenoxy) is 3. The molecule has 0 aromatic heterocycles. The first-order valence-electron chi connectivity index (χ1n) is 26.7. The quantitative estimate of drug-likeness (QED) is 0.0187. The van der Waals surface area contributed by atoms with Gasteiger partial charge in [0.25, 0.3) is 0 Å². The molecule has 0 saturated carbocycles. The maximum atomic E-state index is 13.5. The van der Waals surface area contributed by atoms with Gasteiger partial charge in [0, 0.05) is 49.0 Å². The third kappa shape index (κ3) is 11.0. The summed E-state index contributed by atoms with van der Waals surface area (Å²) >= 11 is 0. The van der Waals surface area contributed by atoms with Crippen molar-refractivity contribution >= 4 is 29.5 Å². The number of anilines is 2. The number of nitrogens with zero attached hydrogens (tertiary/aromatic N) is 2. The van der Waals surface area contributed by atoms with E-state index in [9.17, 15) is 4.79 Å². The van der Waals surface area contributed by atoms with E-state index in [0.29, 0.717) is 18.1 Å². The van der Waals surface area contributed by atoms with E-state index in [0.717, 1.165) is 113 Å². The van der Waals surface area contributed by atoms with Crippen molar-refractivity contribution in [1.82, 2.24) is 0 Å². The summed E-state index contributed by atoms with van der Waals surface area (Å²) in [7, 11) is 0. The van der Waals surface area contributed by atoms with E-state index in [1.165, 1.54) is 55.9 Å². The third-order valence-electron chi connectivity index (χ3n) is 15.5. The fourth-order valence-corrected chi connectivity index (χ4v) is 12.1. The van der Waals surface area contributed by atoms with Gasteiger partial charge in [0.15, 0.2) is 5.75 Å². The van der Waals surface area contributed by atoms with Gasteiger partial charge in [-0.15, -0.1) is 0 Å². The predicted octanol–water partition coefficient (Wildman–Crippen LogP) is 14.5. The molecular weight excluding hydrogens is 905 g/mol. The molecule has 0 bridgehead atoms. The Bertz CT molecular complexity index is 2980. The summed E-state index contributed by atoms with van der Waals surface area (Å²) in [6, 6.07) is 42.8. The summed E-state index contributed by atoms with van der Waals surface area (Å²) in [5.41, 5.74) is 14.5. The Morgan fingerprint density at radius 1 is 0.562 bits per heavy atom. The average Bonchev–Trinajstić information content (AvgIpc) is 4.11. The summed E-state index contributed by atoms with van der Waals surface area (Å²) in [5, 5.41) is 0. The lowest BCUT2D eigenvalue weighted by atomic mass is 9.72. The van der Waals surface area contributed by atoms with Crippen molar-refractivity contribution < 1.29 is 28.8 Å². The van der Waals surface area contributed by atoms with Crippen molar-refractivity contribution in [3.05, 3.63) is 189 Å². The van der Waals surface area contributed by atoms with Gasteiger partial charge in [-0.1, -0.05) is 115 Å². The van der Waals surface area contributed by atoms with Crippen molar-refractivity contribution in [3.8, 4) is 23.0 Å². The van der Waals surface area contributed by atoms with Gasteiger partial charge in [-0.25, -0.2) is 4.79 Å². The summed E-state index contributed by atoms with van der Waals surface area (Å²) in [5.74, 6) is 2.71. The van der Waals surface area contributed by atoms with Crippen LogP contribution in [0.5, 0.6) is 23.0 Å². The van der Waals surface area contributed by atoms with Crippen LogP contribution in [0.1, 0.15) is 136 Å². The summed E-state index contributed by atoms with van der Waals surface area (Å²) in [6.07, 6.45) is 15.8. The minimum absolute atomic E-state index is 0.0758. The van der Waals surface area contributed by atoms with Crippen LogP contribution in [-0.2, 0) is 51.9 Å². The largest absolute Gasteiger partial charge is 0.494 e. The molecular formula is C65H72N2O6. The molecule has 8 heteroatoms. The van der Waals surface area contributed by atoms with E-state index in [2.05, 4.69) is 167 Å². The van der Waals surface area contributed by atoms with E-state index in [1.807, 2.05) is 24.3 Å². The molecule has 0 saturated heterocycles. The van der Waals surface area contributed by atoms with Gasteiger partial charge in [0.2, 0.25) is 0 Å². The molecule has 1 spiro atoms. The lowest BCUT2D eigenvalue weighted by Gasteiger charge is -2.30. The second-order valence-electron chi connectivity index (χ2n) is 22.0. The molecule has 10 rings (SSSR count). The summed E-state index contributed by atoms with van der Waals surface area (Å²) in [6.45, 7) is 19.2. The molecule has 1 unspecified atom stereocenters. The van der Waals surface area contributed by atoms with Crippen LogP contribution < -0.4 is 28.9 Å². The normalized spacial score (nSPS) is 17.8. The molecule has 6 aromatic rings. The van der Waals surface area contributed by atoms with Crippen LogP contribution in [0, 0.1) is 0 Å². The second kappa shape index (κ2) is 21.4. The standard InChI is InChI=1S/C65H72N2O6/c1-7-9-35-69-52-20-13-48(14-21-52)42-66-33-31-50-38-46(17-28-60(50)66)12-11-37-71-73-55-25-27-57-59(41-55)65(45-64(57,5)6)44-63(3,4)56-26-24-54(40-58(56)65)72-62(68)30-19-47-18-29-61-51(39-47)32-34-67(61)43-49-15-22-53(23-16-49)70-36-10-8-2/h11-30,38-41H,7-10,31-37,42-45H2,1-6H3. The number of fused-ring (bicyclic) bond motifs is 6. The van der Waals surface area contributed by atoms with E-state index < -0.39 is 5.97 Å². The maximum absolute atomic E-state index is 13.5. The summed E-state index contributed by atoms with van der Waals surface area (Å²) in [4.78, 5) is 30.2. The average molecular weight is 977 g/mol. The van der Waals surface area contributed by atoms with Crippen LogP contribution in [0.4, 0.5) is 11.4 Å². The number of hydrogen-bond donors (Lipinski definition) is 0. The fraction of sp³-hybridized carbons (Fsp3) is 0.369. The minimum atomic E-state index is -0.394. The molecule has 6 aromatic carbocycles. The molecule has 73 heavy (non-hydrogen) atoms. The molecule has 1 atom stereocenters. The molecule has 0 radical (unpaired) electrons. The van der Waals surface area contributed by atoms with Crippen molar-refractivity contribution in [2.45, 2.75) is 122 Å². The van der Waals surface area contributed by atoms with Crippen LogP contribution in [0.3, 0.4) is 0 Å². The second-order valence-corrected chi connectivity index (χ2v) is 22.0. The predicted molar refractivity (Wildman–Crippen MR) is 295 cm³/mol. The summed E-state index contributed by atoms with van der Waals surface area (Å²) < 4.78 is 17.8. The zero-order valence-electron chi connectivity index (χ0n) is 43.8. The minimum Gasteiger partial charge on any atom is -0.494 e. The highest BCUT2D eigenvalue weighted by atomic mass is 17.2. The zero-order valence-corrected chi connectivity index (χ0v) is 43.8. The van der Waals surface area contributed by atoms with Gasteiger partial charge in [-0.2, -0.15) is 4.89 Å². The molecule has 0 amide bonds. The number of hydrogen-bond acceptors (Lipinski definition) is 8. The van der Waals surface area contributed by atoms with Crippen molar-refractivity contribution in [2.75, 3.05) is 42.7 Å².